The molecule has 0 fully saturated rings. The summed E-state index contributed by atoms with van der Waals surface area (Å²) in [5.41, 5.74) is 0.544. The van der Waals surface area contributed by atoms with Gasteiger partial charge in [-0.1, -0.05) is 19.1 Å². The van der Waals surface area contributed by atoms with E-state index in [1.54, 1.807) is 6.08 Å². The van der Waals surface area contributed by atoms with E-state index in [1.807, 2.05) is 13.0 Å². The summed E-state index contributed by atoms with van der Waals surface area (Å²) in [4.78, 5) is 0. The number of benzene rings is 1. The molecule has 0 aromatic heterocycles. The molecule has 0 heterocycles. The third-order valence-corrected chi connectivity index (χ3v) is 2.18. The smallest absolute Gasteiger partial charge is 0.126 e. The number of nitrogens with one attached hydrogen (secondary N) is 1. The summed E-state index contributed by atoms with van der Waals surface area (Å²) in [6, 6.07) is 3.69. The summed E-state index contributed by atoms with van der Waals surface area (Å²) in [6.07, 6.45) is 4.68. The third-order valence-electron chi connectivity index (χ3n) is 2.18. The van der Waals surface area contributed by atoms with Gasteiger partial charge in [0.2, 0.25) is 0 Å². The van der Waals surface area contributed by atoms with Crippen molar-refractivity contribution in [1.29, 1.82) is 0 Å². The molecule has 0 amide bonds. The maximum atomic E-state index is 12.9. The summed E-state index contributed by atoms with van der Waals surface area (Å²) in [5.74, 6) is -1.09. The molecule has 1 nitrogen and oxygen atoms in total. The molecule has 1 rings (SSSR count). The van der Waals surface area contributed by atoms with Gasteiger partial charge in [0, 0.05) is 12.1 Å². The van der Waals surface area contributed by atoms with Crippen LogP contribution >= 0.6 is 0 Å². The second-order valence-electron chi connectivity index (χ2n) is 3.80. The van der Waals surface area contributed by atoms with Crippen LogP contribution in [0.3, 0.4) is 0 Å². The first-order chi connectivity index (χ1) is 7.61. The van der Waals surface area contributed by atoms with E-state index < -0.39 is 11.6 Å². The summed E-state index contributed by atoms with van der Waals surface area (Å²) < 4.78 is 25.7. The fourth-order valence-corrected chi connectivity index (χ4v) is 1.37. The van der Waals surface area contributed by atoms with Crippen LogP contribution < -0.4 is 5.32 Å². The lowest BCUT2D eigenvalue weighted by atomic mass is 10.1. The topological polar surface area (TPSA) is 12.0 Å². The highest BCUT2D eigenvalue weighted by Gasteiger charge is 1.98. The van der Waals surface area contributed by atoms with Crippen molar-refractivity contribution in [2.24, 2.45) is 0 Å². The average Bonchev–Trinajstić information content (AvgIpc) is 2.22. The van der Waals surface area contributed by atoms with Crippen LogP contribution in [0.4, 0.5) is 8.78 Å². The molecule has 0 saturated carbocycles. The van der Waals surface area contributed by atoms with E-state index >= 15 is 0 Å². The molecule has 1 N–H and O–H groups in total. The first-order valence-corrected chi connectivity index (χ1v) is 5.49. The van der Waals surface area contributed by atoms with Gasteiger partial charge >= 0.3 is 0 Å². The highest BCUT2D eigenvalue weighted by atomic mass is 19.1. The third kappa shape index (κ3) is 4.53. The highest BCUT2D eigenvalue weighted by Crippen LogP contribution is 2.09. The van der Waals surface area contributed by atoms with Gasteiger partial charge in [0.15, 0.2) is 0 Å². The summed E-state index contributed by atoms with van der Waals surface area (Å²) >= 11 is 0. The molecular formula is C13H17F2N. The minimum absolute atomic E-state index is 0.200. The van der Waals surface area contributed by atoms with Crippen LogP contribution in [0.1, 0.15) is 25.8 Å². The van der Waals surface area contributed by atoms with Crippen molar-refractivity contribution in [3.63, 3.8) is 0 Å². The lowest BCUT2D eigenvalue weighted by Crippen LogP contribution is -2.24. The highest BCUT2D eigenvalue weighted by molar-refractivity contribution is 5.49. The van der Waals surface area contributed by atoms with E-state index in [0.717, 1.165) is 19.0 Å². The predicted molar refractivity (Wildman–Crippen MR) is 63.1 cm³/mol. The quantitative estimate of drug-likeness (QED) is 0.810. The molecule has 3 heteroatoms. The van der Waals surface area contributed by atoms with Crippen molar-refractivity contribution in [3.8, 4) is 0 Å². The molecule has 0 spiro atoms. The van der Waals surface area contributed by atoms with Gasteiger partial charge < -0.3 is 5.32 Å². The van der Waals surface area contributed by atoms with Crippen LogP contribution in [-0.2, 0) is 0 Å². The van der Waals surface area contributed by atoms with Gasteiger partial charge in [-0.3, -0.25) is 0 Å². The molecule has 0 radical (unpaired) electrons. The van der Waals surface area contributed by atoms with E-state index in [1.165, 1.54) is 12.1 Å². The summed E-state index contributed by atoms with van der Waals surface area (Å²) in [7, 11) is 0. The normalized spacial score (nSPS) is 13.2. The molecule has 1 unspecified atom stereocenters. The molecule has 1 atom stereocenters. The zero-order chi connectivity index (χ0) is 12.0. The Labute approximate surface area is 95.2 Å². The van der Waals surface area contributed by atoms with Crippen molar-refractivity contribution in [1.82, 2.24) is 5.32 Å². The molecule has 88 valence electrons. The van der Waals surface area contributed by atoms with E-state index in [4.69, 9.17) is 0 Å². The van der Waals surface area contributed by atoms with Gasteiger partial charge in [0.05, 0.1) is 0 Å². The number of rotatable bonds is 5. The average molecular weight is 225 g/mol. The Kier molecular flexibility index (Phi) is 5.12. The van der Waals surface area contributed by atoms with Gasteiger partial charge in [-0.25, -0.2) is 8.78 Å². The summed E-state index contributed by atoms with van der Waals surface area (Å²) in [6.45, 7) is 5.02. The molecule has 0 aliphatic heterocycles. The van der Waals surface area contributed by atoms with Crippen LogP contribution in [0.5, 0.6) is 0 Å². The zero-order valence-electron chi connectivity index (χ0n) is 9.63. The maximum absolute atomic E-state index is 12.9. The molecule has 16 heavy (non-hydrogen) atoms. The van der Waals surface area contributed by atoms with Crippen molar-refractivity contribution in [2.75, 3.05) is 6.54 Å². The van der Waals surface area contributed by atoms with E-state index in [0.29, 0.717) is 5.56 Å². The fourth-order valence-electron chi connectivity index (χ4n) is 1.37. The van der Waals surface area contributed by atoms with Crippen molar-refractivity contribution >= 4 is 6.08 Å². The van der Waals surface area contributed by atoms with Gasteiger partial charge in [0.1, 0.15) is 11.6 Å². The molecular weight excluding hydrogens is 208 g/mol. The van der Waals surface area contributed by atoms with E-state index in [-0.39, 0.29) is 6.04 Å². The largest absolute Gasteiger partial charge is 0.311 e. The Hall–Kier alpha value is -1.22. The fraction of sp³-hybridized carbons (Fsp3) is 0.385. The van der Waals surface area contributed by atoms with Crippen LogP contribution in [0.15, 0.2) is 24.3 Å². The van der Waals surface area contributed by atoms with Crippen LogP contribution in [0.2, 0.25) is 0 Å². The Bertz CT molecular complexity index is 341. The van der Waals surface area contributed by atoms with Gasteiger partial charge in [-0.15, -0.1) is 0 Å². The van der Waals surface area contributed by atoms with E-state index in [2.05, 4.69) is 12.2 Å². The second-order valence-corrected chi connectivity index (χ2v) is 3.80. The first-order valence-electron chi connectivity index (χ1n) is 5.49. The zero-order valence-corrected chi connectivity index (χ0v) is 9.63. The van der Waals surface area contributed by atoms with E-state index in [9.17, 15) is 8.78 Å². The van der Waals surface area contributed by atoms with Crippen molar-refractivity contribution in [3.05, 3.63) is 41.5 Å². The van der Waals surface area contributed by atoms with Crippen LogP contribution in [0, 0.1) is 11.6 Å². The standard InChI is InChI=1S/C13H17F2N/c1-3-6-16-10(2)4-5-11-7-12(14)9-13(15)8-11/h4-5,7-10,16H,3,6H2,1-2H3/b5-4+. The molecule has 0 saturated heterocycles. The van der Waals surface area contributed by atoms with Gasteiger partial charge in [0.25, 0.3) is 0 Å². The Morgan fingerprint density at radius 1 is 1.25 bits per heavy atom. The molecule has 1 aromatic rings. The molecule has 0 aliphatic carbocycles. The minimum Gasteiger partial charge on any atom is -0.311 e. The number of hydrogen-bond donors (Lipinski definition) is 1. The minimum atomic E-state index is -0.547. The Morgan fingerprint density at radius 3 is 2.44 bits per heavy atom. The molecule has 1 aromatic carbocycles. The van der Waals surface area contributed by atoms with Crippen LogP contribution in [0.25, 0.3) is 6.08 Å². The van der Waals surface area contributed by atoms with Crippen LogP contribution in [-0.4, -0.2) is 12.6 Å². The molecule has 0 aliphatic rings. The van der Waals surface area contributed by atoms with Gasteiger partial charge in [-0.05, 0) is 37.6 Å². The monoisotopic (exact) mass is 225 g/mol. The Balaban J connectivity index is 2.61. The Morgan fingerprint density at radius 2 is 1.88 bits per heavy atom. The molecule has 0 bridgehead atoms. The maximum Gasteiger partial charge on any atom is 0.126 e. The SMILES string of the molecule is CCCNC(C)/C=C/c1cc(F)cc(F)c1. The van der Waals surface area contributed by atoms with Gasteiger partial charge in [-0.2, -0.15) is 0 Å². The number of hydrogen-bond acceptors (Lipinski definition) is 1. The number of halogens is 2. The second kappa shape index (κ2) is 6.38. The predicted octanol–water partition coefficient (Wildman–Crippen LogP) is 3.37. The van der Waals surface area contributed by atoms with Crippen molar-refractivity contribution in [2.45, 2.75) is 26.3 Å². The van der Waals surface area contributed by atoms with Crippen molar-refractivity contribution < 1.29 is 8.78 Å². The first kappa shape index (κ1) is 12.8. The lowest BCUT2D eigenvalue weighted by Gasteiger charge is -2.07. The lowest BCUT2D eigenvalue weighted by molar-refractivity contribution is 0.582. The summed E-state index contributed by atoms with van der Waals surface area (Å²) in [5, 5.41) is 3.26.